The molecule has 0 saturated heterocycles. The molecule has 2 atom stereocenters. The Morgan fingerprint density at radius 3 is 2.48 bits per heavy atom. The van der Waals surface area contributed by atoms with Gasteiger partial charge in [-0.25, -0.2) is 18.7 Å². The number of esters is 1. The lowest BCUT2D eigenvalue weighted by Crippen LogP contribution is -2.24. The molecule has 0 amide bonds. The first-order chi connectivity index (χ1) is 15.9. The Hall–Kier alpha value is -3.17. The molecule has 3 aromatic rings. The number of aliphatic hydroxyl groups excluding tert-OH is 1. The van der Waals surface area contributed by atoms with Gasteiger partial charge in [0.05, 0.1) is 23.7 Å². The molecule has 0 fully saturated rings. The number of nitrogens with zero attached hydrogens (tertiary/aromatic N) is 3. The molecular formula is C24H26F2N4O3. The van der Waals surface area contributed by atoms with Gasteiger partial charge in [-0.1, -0.05) is 30.3 Å². The number of hydrogen-bond donors (Lipinski definition) is 2. The summed E-state index contributed by atoms with van der Waals surface area (Å²) in [4.78, 5) is 22.9. The number of carbonyl (C=O) groups excluding carboxylic acids is 1. The van der Waals surface area contributed by atoms with Gasteiger partial charge >= 0.3 is 5.97 Å². The summed E-state index contributed by atoms with van der Waals surface area (Å²) in [5, 5.41) is 11.7. The van der Waals surface area contributed by atoms with Crippen LogP contribution in [0.3, 0.4) is 0 Å². The van der Waals surface area contributed by atoms with Gasteiger partial charge < -0.3 is 15.6 Å². The van der Waals surface area contributed by atoms with Crippen molar-refractivity contribution in [3.8, 4) is 0 Å². The first-order valence-electron chi connectivity index (χ1n) is 10.9. The van der Waals surface area contributed by atoms with Gasteiger partial charge in [0.25, 0.3) is 0 Å². The van der Waals surface area contributed by atoms with E-state index in [-0.39, 0.29) is 19.0 Å². The van der Waals surface area contributed by atoms with E-state index in [0.717, 1.165) is 11.1 Å². The maximum atomic E-state index is 12.9. The van der Waals surface area contributed by atoms with E-state index in [1.165, 1.54) is 0 Å². The lowest BCUT2D eigenvalue weighted by Gasteiger charge is -2.24. The Bertz CT molecular complexity index is 1130. The third-order valence-electron chi connectivity index (χ3n) is 5.87. The van der Waals surface area contributed by atoms with Crippen molar-refractivity contribution < 1.29 is 23.4 Å². The number of halogens is 2. The molecule has 3 N–H and O–H groups in total. The van der Waals surface area contributed by atoms with E-state index in [0.29, 0.717) is 35.2 Å². The van der Waals surface area contributed by atoms with Crippen molar-refractivity contribution in [3.05, 3.63) is 64.8 Å². The smallest absolute Gasteiger partial charge is 0.313 e. The third-order valence-corrected chi connectivity index (χ3v) is 5.87. The van der Waals surface area contributed by atoms with Gasteiger partial charge in [-0.15, -0.1) is 0 Å². The third kappa shape index (κ3) is 4.94. The Morgan fingerprint density at radius 2 is 1.85 bits per heavy atom. The second-order valence-corrected chi connectivity index (χ2v) is 8.06. The standard InChI is InChI=1S/C24H26F2N4O3/c1-2-33-23(32)17(8-10-20(25)26)14-7-9-19-18(11-14)21(29-24(27)28-19)22(31)30-12-15-5-3-4-6-16(15)13-30/h3-7,9,11,17,20,22,31H,2,8,10,12-13H2,1H3,(H2,27,28,29). The van der Waals surface area contributed by atoms with Crippen LogP contribution in [0.4, 0.5) is 14.7 Å². The summed E-state index contributed by atoms with van der Waals surface area (Å²) < 4.78 is 30.9. The molecule has 0 saturated carbocycles. The van der Waals surface area contributed by atoms with Gasteiger partial charge in [0.15, 0.2) is 6.23 Å². The van der Waals surface area contributed by atoms with Crippen molar-refractivity contribution in [2.45, 2.75) is 51.4 Å². The normalized spacial score (nSPS) is 15.5. The summed E-state index contributed by atoms with van der Waals surface area (Å²) in [7, 11) is 0. The fourth-order valence-corrected chi connectivity index (χ4v) is 4.26. The number of aromatic nitrogens is 2. The fourth-order valence-electron chi connectivity index (χ4n) is 4.26. The van der Waals surface area contributed by atoms with E-state index in [9.17, 15) is 18.7 Å². The number of aliphatic hydroxyl groups is 1. The number of anilines is 1. The Labute approximate surface area is 190 Å². The largest absolute Gasteiger partial charge is 0.466 e. The molecule has 1 aromatic heterocycles. The summed E-state index contributed by atoms with van der Waals surface area (Å²) in [6.45, 7) is 2.91. The predicted molar refractivity (Wildman–Crippen MR) is 119 cm³/mol. The highest BCUT2D eigenvalue weighted by atomic mass is 19.3. The number of ether oxygens (including phenoxy) is 1. The quantitative estimate of drug-likeness (QED) is 0.496. The highest BCUT2D eigenvalue weighted by Gasteiger charge is 2.29. The number of nitrogen functional groups attached to an aromatic ring is 1. The van der Waals surface area contributed by atoms with Gasteiger partial charge in [0, 0.05) is 24.9 Å². The average Bonchev–Trinajstić information content (AvgIpc) is 3.22. The zero-order chi connectivity index (χ0) is 23.5. The van der Waals surface area contributed by atoms with Gasteiger partial charge in [0.1, 0.15) is 0 Å². The minimum Gasteiger partial charge on any atom is -0.466 e. The van der Waals surface area contributed by atoms with Crippen LogP contribution in [0.5, 0.6) is 0 Å². The number of fused-ring (bicyclic) bond motifs is 2. The number of alkyl halides is 2. The number of rotatable bonds is 8. The first kappa shape index (κ1) is 23.0. The van der Waals surface area contributed by atoms with Crippen molar-refractivity contribution in [2.24, 2.45) is 0 Å². The molecular weight excluding hydrogens is 430 g/mol. The highest BCUT2D eigenvalue weighted by Crippen LogP contribution is 2.34. The van der Waals surface area contributed by atoms with Crippen LogP contribution in [0.1, 0.15) is 54.3 Å². The number of hydrogen-bond acceptors (Lipinski definition) is 7. The second-order valence-electron chi connectivity index (χ2n) is 8.06. The number of carbonyl (C=O) groups is 1. The van der Waals surface area contributed by atoms with Gasteiger partial charge in [-0.05, 0) is 42.2 Å². The Balaban J connectivity index is 1.71. The van der Waals surface area contributed by atoms with Crippen LogP contribution in [-0.2, 0) is 22.6 Å². The minimum absolute atomic E-state index is 0.0145. The molecule has 174 valence electrons. The summed E-state index contributed by atoms with van der Waals surface area (Å²) in [6.07, 6.45) is -4.08. The molecule has 33 heavy (non-hydrogen) atoms. The predicted octanol–water partition coefficient (Wildman–Crippen LogP) is 3.91. The number of nitrogens with two attached hydrogens (primary N) is 1. The fraction of sp³-hybridized carbons (Fsp3) is 0.375. The van der Waals surface area contributed by atoms with E-state index < -0.39 is 31.0 Å². The summed E-state index contributed by atoms with van der Waals surface area (Å²) in [6, 6.07) is 12.9. The lowest BCUT2D eigenvalue weighted by molar-refractivity contribution is -0.145. The van der Waals surface area contributed by atoms with Crippen LogP contribution >= 0.6 is 0 Å². The topological polar surface area (TPSA) is 102 Å². The van der Waals surface area contributed by atoms with E-state index in [4.69, 9.17) is 10.5 Å². The highest BCUT2D eigenvalue weighted by molar-refractivity contribution is 5.86. The van der Waals surface area contributed by atoms with Crippen LogP contribution < -0.4 is 5.73 Å². The van der Waals surface area contributed by atoms with Crippen LogP contribution in [-0.4, -0.2) is 39.0 Å². The zero-order valence-corrected chi connectivity index (χ0v) is 18.2. The van der Waals surface area contributed by atoms with Crippen LogP contribution in [0.2, 0.25) is 0 Å². The van der Waals surface area contributed by atoms with Crippen molar-refractivity contribution in [2.75, 3.05) is 12.3 Å². The second kappa shape index (κ2) is 9.76. The molecule has 0 spiro atoms. The molecule has 9 heteroatoms. The summed E-state index contributed by atoms with van der Waals surface area (Å²) in [5.74, 6) is -1.41. The SMILES string of the molecule is CCOC(=O)C(CCC(F)F)c1ccc2nc(N)nc(C(O)N3Cc4ccccc4C3)c2c1. The maximum Gasteiger partial charge on any atom is 0.313 e. The van der Waals surface area contributed by atoms with E-state index in [2.05, 4.69) is 9.97 Å². The molecule has 7 nitrogen and oxygen atoms in total. The van der Waals surface area contributed by atoms with E-state index in [1.807, 2.05) is 29.2 Å². The van der Waals surface area contributed by atoms with Gasteiger partial charge in [-0.2, -0.15) is 0 Å². The number of benzene rings is 2. The maximum absolute atomic E-state index is 12.9. The molecule has 2 aromatic carbocycles. The monoisotopic (exact) mass is 456 g/mol. The Kier molecular flexibility index (Phi) is 6.80. The Morgan fingerprint density at radius 1 is 1.15 bits per heavy atom. The molecule has 4 rings (SSSR count). The van der Waals surface area contributed by atoms with Crippen molar-refractivity contribution in [3.63, 3.8) is 0 Å². The van der Waals surface area contributed by atoms with Crippen LogP contribution in [0.15, 0.2) is 42.5 Å². The lowest BCUT2D eigenvalue weighted by atomic mass is 9.92. The van der Waals surface area contributed by atoms with Crippen LogP contribution in [0.25, 0.3) is 10.9 Å². The summed E-state index contributed by atoms with van der Waals surface area (Å²) in [5.41, 5.74) is 9.46. The first-order valence-corrected chi connectivity index (χ1v) is 10.9. The molecule has 2 heterocycles. The molecule has 1 aliphatic rings. The van der Waals surface area contributed by atoms with Crippen molar-refractivity contribution >= 4 is 22.8 Å². The molecule has 0 bridgehead atoms. The average molecular weight is 456 g/mol. The van der Waals surface area contributed by atoms with Crippen molar-refractivity contribution in [1.82, 2.24) is 14.9 Å². The minimum atomic E-state index is -2.53. The molecule has 0 aliphatic carbocycles. The van der Waals surface area contributed by atoms with Gasteiger partial charge in [-0.3, -0.25) is 9.69 Å². The van der Waals surface area contributed by atoms with E-state index >= 15 is 0 Å². The zero-order valence-electron chi connectivity index (χ0n) is 18.2. The van der Waals surface area contributed by atoms with Crippen LogP contribution in [0, 0.1) is 0 Å². The molecule has 1 aliphatic heterocycles. The van der Waals surface area contributed by atoms with Gasteiger partial charge in [0.2, 0.25) is 12.4 Å². The van der Waals surface area contributed by atoms with E-state index in [1.54, 1.807) is 25.1 Å². The summed E-state index contributed by atoms with van der Waals surface area (Å²) >= 11 is 0. The molecule has 0 radical (unpaired) electrons. The molecule has 2 unspecified atom stereocenters. The van der Waals surface area contributed by atoms with Crippen molar-refractivity contribution in [1.29, 1.82) is 0 Å².